The van der Waals surface area contributed by atoms with Crippen molar-refractivity contribution in [3.8, 4) is 5.75 Å². The van der Waals surface area contributed by atoms with Crippen molar-refractivity contribution in [1.29, 1.82) is 0 Å². The number of methoxy groups -OCH3 is 1. The first-order chi connectivity index (χ1) is 10.3. The summed E-state index contributed by atoms with van der Waals surface area (Å²) in [7, 11) is 1.66. The highest BCUT2D eigenvalue weighted by atomic mass is 32.2. The van der Waals surface area contributed by atoms with Crippen molar-refractivity contribution < 1.29 is 9.47 Å². The van der Waals surface area contributed by atoms with Gasteiger partial charge in [0.2, 0.25) is 5.13 Å². The van der Waals surface area contributed by atoms with Gasteiger partial charge >= 0.3 is 0 Å². The maximum absolute atomic E-state index is 5.61. The van der Waals surface area contributed by atoms with Gasteiger partial charge in [-0.15, -0.1) is 10.2 Å². The number of benzene rings is 1. The summed E-state index contributed by atoms with van der Waals surface area (Å²) in [5, 5.41) is 12.4. The zero-order valence-corrected chi connectivity index (χ0v) is 13.4. The summed E-state index contributed by atoms with van der Waals surface area (Å²) in [4.78, 5) is 0. The van der Waals surface area contributed by atoms with E-state index in [9.17, 15) is 0 Å². The van der Waals surface area contributed by atoms with E-state index >= 15 is 0 Å². The molecule has 7 heteroatoms. The second kappa shape index (κ2) is 7.11. The number of aromatic nitrogens is 2. The minimum atomic E-state index is 0.365. The molecular weight excluding hydrogens is 306 g/mol. The summed E-state index contributed by atoms with van der Waals surface area (Å²) < 4.78 is 11.9. The molecule has 0 bridgehead atoms. The van der Waals surface area contributed by atoms with Crippen LogP contribution in [0.25, 0.3) is 0 Å². The van der Waals surface area contributed by atoms with E-state index < -0.39 is 0 Å². The van der Waals surface area contributed by atoms with E-state index in [4.69, 9.17) is 9.47 Å². The second-order valence-electron chi connectivity index (χ2n) is 4.64. The first-order valence-corrected chi connectivity index (χ1v) is 8.63. The van der Waals surface area contributed by atoms with Crippen molar-refractivity contribution in [2.24, 2.45) is 0 Å². The molecule has 1 fully saturated rings. The lowest BCUT2D eigenvalue weighted by atomic mass is 10.3. The maximum atomic E-state index is 5.61. The molecule has 1 aliphatic rings. The average Bonchev–Trinajstić information content (AvgIpc) is 3.17. The summed E-state index contributed by atoms with van der Waals surface area (Å²) in [5.41, 5.74) is 0.895. The number of hydrogen-bond donors (Lipinski definition) is 1. The van der Waals surface area contributed by atoms with Crippen LogP contribution in [0.5, 0.6) is 5.75 Å². The molecule has 3 rings (SSSR count). The van der Waals surface area contributed by atoms with E-state index in [0.717, 1.165) is 39.7 Å². The molecule has 0 radical (unpaired) electrons. The smallest absolute Gasteiger partial charge is 0.210 e. The molecule has 0 saturated carbocycles. The van der Waals surface area contributed by atoms with Crippen LogP contribution in [-0.4, -0.2) is 35.8 Å². The van der Waals surface area contributed by atoms with Gasteiger partial charge < -0.3 is 14.8 Å². The Morgan fingerprint density at radius 2 is 2.33 bits per heavy atom. The first kappa shape index (κ1) is 14.6. The van der Waals surface area contributed by atoms with Crippen molar-refractivity contribution in [1.82, 2.24) is 10.2 Å². The molecule has 1 saturated heterocycles. The molecule has 0 amide bonds. The number of nitrogens with one attached hydrogen (secondary N) is 1. The monoisotopic (exact) mass is 323 g/mol. The Bertz CT molecular complexity index is 585. The predicted octanol–water partition coefficient (Wildman–Crippen LogP) is 3.56. The van der Waals surface area contributed by atoms with Crippen molar-refractivity contribution in [2.45, 2.75) is 23.3 Å². The number of nitrogens with zero attached hydrogens (tertiary/aromatic N) is 2. The highest BCUT2D eigenvalue weighted by Gasteiger charge is 2.17. The fraction of sp³-hybridized carbons (Fsp3) is 0.429. The third kappa shape index (κ3) is 3.87. The molecule has 2 aromatic rings. The summed E-state index contributed by atoms with van der Waals surface area (Å²) >= 11 is 3.26. The van der Waals surface area contributed by atoms with E-state index in [-0.39, 0.29) is 0 Å². The van der Waals surface area contributed by atoms with Crippen LogP contribution in [0.15, 0.2) is 28.6 Å². The largest absolute Gasteiger partial charge is 0.495 e. The fourth-order valence-corrected chi connectivity index (χ4v) is 3.98. The van der Waals surface area contributed by atoms with Crippen LogP contribution < -0.4 is 10.1 Å². The predicted molar refractivity (Wildman–Crippen MR) is 85.9 cm³/mol. The summed E-state index contributed by atoms with van der Waals surface area (Å²) in [6, 6.07) is 7.77. The van der Waals surface area contributed by atoms with E-state index in [1.807, 2.05) is 24.3 Å². The van der Waals surface area contributed by atoms with Gasteiger partial charge in [-0.2, -0.15) is 0 Å². The van der Waals surface area contributed by atoms with Crippen LogP contribution >= 0.6 is 23.1 Å². The standard InChI is InChI=1S/C14H17N3O2S2/c1-18-12-7-3-2-6-11(12)15-13-16-17-14(21-13)20-9-10-5-4-8-19-10/h2-3,6-7,10H,4-5,8-9H2,1H3,(H,15,16). The molecule has 112 valence electrons. The van der Waals surface area contributed by atoms with Crippen molar-refractivity contribution in [3.05, 3.63) is 24.3 Å². The minimum absolute atomic E-state index is 0.365. The highest BCUT2D eigenvalue weighted by molar-refractivity contribution is 8.01. The van der Waals surface area contributed by atoms with Crippen molar-refractivity contribution >= 4 is 33.9 Å². The number of para-hydroxylation sites is 2. The molecule has 0 spiro atoms. The number of rotatable bonds is 6. The lowest BCUT2D eigenvalue weighted by molar-refractivity contribution is 0.129. The van der Waals surface area contributed by atoms with Gasteiger partial charge in [0.15, 0.2) is 4.34 Å². The van der Waals surface area contributed by atoms with Gasteiger partial charge in [0.05, 0.1) is 18.9 Å². The van der Waals surface area contributed by atoms with Crippen LogP contribution in [0.3, 0.4) is 0 Å². The van der Waals surface area contributed by atoms with Gasteiger partial charge in [-0.25, -0.2) is 0 Å². The SMILES string of the molecule is COc1ccccc1Nc1nnc(SCC2CCCO2)s1. The maximum Gasteiger partial charge on any atom is 0.210 e. The first-order valence-electron chi connectivity index (χ1n) is 6.83. The topological polar surface area (TPSA) is 56.3 Å². The molecule has 5 nitrogen and oxygen atoms in total. The molecular formula is C14H17N3O2S2. The summed E-state index contributed by atoms with van der Waals surface area (Å²) in [5.74, 6) is 1.74. The molecule has 0 aliphatic carbocycles. The Labute approximate surface area is 132 Å². The Balaban J connectivity index is 1.59. The van der Waals surface area contributed by atoms with Crippen LogP contribution in [0, 0.1) is 0 Å². The fourth-order valence-electron chi connectivity index (χ4n) is 2.12. The molecule has 2 heterocycles. The van der Waals surface area contributed by atoms with E-state index in [1.165, 1.54) is 6.42 Å². The molecule has 1 aliphatic heterocycles. The average molecular weight is 323 g/mol. The Kier molecular flexibility index (Phi) is 4.95. The van der Waals surface area contributed by atoms with Crippen LogP contribution in [0.2, 0.25) is 0 Å². The summed E-state index contributed by atoms with van der Waals surface area (Å²) in [6.07, 6.45) is 2.68. The van der Waals surface area contributed by atoms with Gasteiger partial charge in [0.25, 0.3) is 0 Å². The third-order valence-corrected chi connectivity index (χ3v) is 5.28. The van der Waals surface area contributed by atoms with Gasteiger partial charge in [-0.1, -0.05) is 35.2 Å². The Morgan fingerprint density at radius 3 is 3.14 bits per heavy atom. The molecule has 1 aromatic carbocycles. The number of thioether (sulfide) groups is 1. The lowest BCUT2D eigenvalue weighted by Gasteiger charge is -2.07. The van der Waals surface area contributed by atoms with Gasteiger partial charge in [-0.05, 0) is 25.0 Å². The Morgan fingerprint density at radius 1 is 1.43 bits per heavy atom. The second-order valence-corrected chi connectivity index (χ2v) is 6.89. The van der Waals surface area contributed by atoms with Gasteiger partial charge in [-0.3, -0.25) is 0 Å². The quantitative estimate of drug-likeness (QED) is 0.820. The molecule has 1 unspecified atom stereocenters. The molecule has 1 atom stereocenters. The highest BCUT2D eigenvalue weighted by Crippen LogP contribution is 2.32. The number of ether oxygens (including phenoxy) is 2. The zero-order chi connectivity index (χ0) is 14.5. The minimum Gasteiger partial charge on any atom is -0.495 e. The zero-order valence-electron chi connectivity index (χ0n) is 11.7. The number of hydrogen-bond acceptors (Lipinski definition) is 7. The third-order valence-electron chi connectivity index (χ3n) is 3.17. The summed E-state index contributed by atoms with van der Waals surface area (Å²) in [6.45, 7) is 0.891. The van der Waals surface area contributed by atoms with Crippen molar-refractivity contribution in [3.63, 3.8) is 0 Å². The normalized spacial score (nSPS) is 17.9. The molecule has 1 aromatic heterocycles. The van der Waals surface area contributed by atoms with Crippen molar-refractivity contribution in [2.75, 3.05) is 24.8 Å². The lowest BCUT2D eigenvalue weighted by Crippen LogP contribution is -2.07. The number of anilines is 2. The van der Waals surface area contributed by atoms with Gasteiger partial charge in [0.1, 0.15) is 5.75 Å². The van der Waals surface area contributed by atoms with Crippen LogP contribution in [0.1, 0.15) is 12.8 Å². The van der Waals surface area contributed by atoms with Gasteiger partial charge in [0, 0.05) is 12.4 Å². The van der Waals surface area contributed by atoms with E-state index in [0.29, 0.717) is 6.10 Å². The Hall–Kier alpha value is -1.31. The van der Waals surface area contributed by atoms with E-state index in [1.54, 1.807) is 30.2 Å². The van der Waals surface area contributed by atoms with Crippen LogP contribution in [-0.2, 0) is 4.74 Å². The molecule has 1 N–H and O–H groups in total. The van der Waals surface area contributed by atoms with E-state index in [2.05, 4.69) is 15.5 Å². The van der Waals surface area contributed by atoms with Crippen LogP contribution in [0.4, 0.5) is 10.8 Å². The molecule has 21 heavy (non-hydrogen) atoms.